The summed E-state index contributed by atoms with van der Waals surface area (Å²) in [6.07, 6.45) is 0.819. The van der Waals surface area contributed by atoms with Gasteiger partial charge in [-0.3, -0.25) is 14.5 Å². The predicted molar refractivity (Wildman–Crippen MR) is 130 cm³/mol. The molecule has 0 fully saturated rings. The van der Waals surface area contributed by atoms with Gasteiger partial charge in [0.05, 0.1) is 5.69 Å². The van der Waals surface area contributed by atoms with Gasteiger partial charge in [-0.05, 0) is 62.3 Å². The summed E-state index contributed by atoms with van der Waals surface area (Å²) in [5, 5.41) is 4.29. The van der Waals surface area contributed by atoms with Crippen LogP contribution in [0.5, 0.6) is 0 Å². The first-order valence-electron chi connectivity index (χ1n) is 11.2. The number of rotatable bonds is 4. The second-order valence-electron chi connectivity index (χ2n) is 10.8. The zero-order chi connectivity index (χ0) is 23.3. The highest BCUT2D eigenvalue weighted by molar-refractivity contribution is 6.04. The number of aryl methyl sites for hydroxylation is 1. The van der Waals surface area contributed by atoms with Crippen LogP contribution in [0.25, 0.3) is 10.9 Å². The lowest BCUT2D eigenvalue weighted by Crippen LogP contribution is -2.54. The van der Waals surface area contributed by atoms with Crippen molar-refractivity contribution in [2.75, 3.05) is 4.90 Å². The van der Waals surface area contributed by atoms with Crippen molar-refractivity contribution >= 4 is 28.4 Å². The van der Waals surface area contributed by atoms with Crippen molar-refractivity contribution in [1.82, 2.24) is 9.88 Å². The summed E-state index contributed by atoms with van der Waals surface area (Å²) in [7, 11) is 0. The molecule has 4 rings (SSSR count). The minimum absolute atomic E-state index is 0.0602. The van der Waals surface area contributed by atoms with Gasteiger partial charge < -0.3 is 9.88 Å². The van der Waals surface area contributed by atoms with Crippen molar-refractivity contribution in [2.45, 2.75) is 66.1 Å². The number of aromatic nitrogens is 1. The fourth-order valence-corrected chi connectivity index (χ4v) is 5.14. The van der Waals surface area contributed by atoms with Crippen LogP contribution in [-0.4, -0.2) is 21.9 Å². The molecule has 32 heavy (non-hydrogen) atoms. The van der Waals surface area contributed by atoms with Crippen LogP contribution in [0.2, 0.25) is 0 Å². The van der Waals surface area contributed by atoms with E-state index in [1.807, 2.05) is 79.9 Å². The van der Waals surface area contributed by atoms with E-state index in [9.17, 15) is 9.59 Å². The Morgan fingerprint density at radius 1 is 1.03 bits per heavy atom. The van der Waals surface area contributed by atoms with Crippen LogP contribution in [0, 0.1) is 12.3 Å². The molecule has 1 aliphatic heterocycles. The van der Waals surface area contributed by atoms with Crippen LogP contribution in [0.3, 0.4) is 0 Å². The van der Waals surface area contributed by atoms with Crippen molar-refractivity contribution in [3.63, 3.8) is 0 Å². The minimum Gasteiger partial charge on any atom is -0.349 e. The molecule has 2 aromatic carbocycles. The number of nitrogens with one attached hydrogen (secondary N) is 1. The molecule has 2 amide bonds. The molecular weight excluding hydrogens is 398 g/mol. The van der Waals surface area contributed by atoms with Crippen molar-refractivity contribution < 1.29 is 9.59 Å². The standard InChI is InChI=1S/C27H33N3O2/c1-18-11-13-20(14-12-18)30-23(31)16-29-21-10-8-7-9-19(21)15-22(29)24(30)25(32)28-27(5,6)17-26(2,3)4/h7-15,24H,16-17H2,1-6H3,(H,28,32). The highest BCUT2D eigenvalue weighted by Gasteiger charge is 2.41. The third kappa shape index (κ3) is 4.29. The van der Waals surface area contributed by atoms with E-state index in [-0.39, 0.29) is 23.8 Å². The van der Waals surface area contributed by atoms with Gasteiger partial charge in [0.15, 0.2) is 6.04 Å². The van der Waals surface area contributed by atoms with E-state index < -0.39 is 11.6 Å². The first-order valence-corrected chi connectivity index (χ1v) is 11.2. The zero-order valence-corrected chi connectivity index (χ0v) is 19.9. The summed E-state index contributed by atoms with van der Waals surface area (Å²) in [4.78, 5) is 28.9. The highest BCUT2D eigenvalue weighted by atomic mass is 16.2. The van der Waals surface area contributed by atoms with E-state index in [0.717, 1.165) is 34.3 Å². The number of para-hydroxylation sites is 1. The average molecular weight is 432 g/mol. The first kappa shape index (κ1) is 22.1. The number of carbonyl (C=O) groups is 2. The summed E-state index contributed by atoms with van der Waals surface area (Å²) < 4.78 is 1.99. The molecule has 3 aromatic rings. The second kappa shape index (κ2) is 7.80. The highest BCUT2D eigenvalue weighted by Crippen LogP contribution is 2.37. The maximum atomic E-state index is 13.8. The maximum Gasteiger partial charge on any atom is 0.249 e. The van der Waals surface area contributed by atoms with Crippen LogP contribution in [0.4, 0.5) is 5.69 Å². The Morgan fingerprint density at radius 2 is 1.69 bits per heavy atom. The van der Waals surface area contributed by atoms with Crippen LogP contribution < -0.4 is 10.2 Å². The molecule has 2 heterocycles. The van der Waals surface area contributed by atoms with Crippen LogP contribution >= 0.6 is 0 Å². The first-order chi connectivity index (χ1) is 15.0. The molecule has 1 aromatic heterocycles. The Balaban J connectivity index is 1.81. The van der Waals surface area contributed by atoms with Gasteiger partial charge in [0.25, 0.3) is 0 Å². The number of anilines is 1. The van der Waals surface area contributed by atoms with Gasteiger partial charge >= 0.3 is 0 Å². The quantitative estimate of drug-likeness (QED) is 0.604. The van der Waals surface area contributed by atoms with E-state index in [4.69, 9.17) is 0 Å². The molecule has 5 heteroatoms. The molecule has 0 saturated heterocycles. The molecule has 0 aliphatic carbocycles. The van der Waals surface area contributed by atoms with Crippen molar-refractivity contribution in [1.29, 1.82) is 0 Å². The second-order valence-corrected chi connectivity index (χ2v) is 10.8. The van der Waals surface area contributed by atoms with Gasteiger partial charge in [-0.15, -0.1) is 0 Å². The lowest BCUT2D eigenvalue weighted by molar-refractivity contribution is -0.129. The summed E-state index contributed by atoms with van der Waals surface area (Å²) >= 11 is 0. The van der Waals surface area contributed by atoms with Crippen LogP contribution in [0.1, 0.15) is 58.3 Å². The third-order valence-corrected chi connectivity index (χ3v) is 5.94. The van der Waals surface area contributed by atoms with E-state index in [1.165, 1.54) is 0 Å². The van der Waals surface area contributed by atoms with Crippen molar-refractivity contribution in [2.24, 2.45) is 5.41 Å². The Morgan fingerprint density at radius 3 is 2.34 bits per heavy atom. The molecule has 1 aliphatic rings. The number of nitrogens with zero attached hydrogens (tertiary/aromatic N) is 2. The summed E-state index contributed by atoms with van der Waals surface area (Å²) in [5.41, 5.74) is 3.32. The van der Waals surface area contributed by atoms with Gasteiger partial charge in [-0.1, -0.05) is 56.7 Å². The average Bonchev–Trinajstić information content (AvgIpc) is 3.03. The van der Waals surface area contributed by atoms with Crippen LogP contribution in [0.15, 0.2) is 54.6 Å². The lowest BCUT2D eigenvalue weighted by Gasteiger charge is -2.39. The fraction of sp³-hybridized carbons (Fsp3) is 0.407. The van der Waals surface area contributed by atoms with Crippen LogP contribution in [-0.2, 0) is 16.1 Å². The number of fused-ring (bicyclic) bond motifs is 3. The molecule has 0 saturated carbocycles. The van der Waals surface area contributed by atoms with Crippen molar-refractivity contribution in [3.8, 4) is 0 Å². The Hall–Kier alpha value is -3.08. The number of hydrogen-bond acceptors (Lipinski definition) is 2. The normalized spacial score (nSPS) is 16.9. The minimum atomic E-state index is -0.731. The molecule has 0 spiro atoms. The Kier molecular flexibility index (Phi) is 5.40. The van der Waals surface area contributed by atoms with E-state index in [0.29, 0.717) is 0 Å². The molecular formula is C27H33N3O2. The number of carbonyl (C=O) groups excluding carboxylic acids is 2. The largest absolute Gasteiger partial charge is 0.349 e. The Labute approximate surface area is 190 Å². The topological polar surface area (TPSA) is 54.3 Å². The van der Waals surface area contributed by atoms with Gasteiger partial charge in [0.1, 0.15) is 6.54 Å². The fourth-order valence-electron chi connectivity index (χ4n) is 5.14. The zero-order valence-electron chi connectivity index (χ0n) is 19.9. The van der Waals surface area contributed by atoms with Gasteiger partial charge in [0, 0.05) is 16.7 Å². The van der Waals surface area contributed by atoms with Gasteiger partial charge in [-0.25, -0.2) is 0 Å². The number of amides is 2. The SMILES string of the molecule is Cc1ccc(N2C(=O)Cn3c(cc4ccccc43)C2C(=O)NC(C)(C)CC(C)(C)C)cc1. The van der Waals surface area contributed by atoms with Crippen molar-refractivity contribution in [3.05, 3.63) is 65.9 Å². The monoisotopic (exact) mass is 431 g/mol. The smallest absolute Gasteiger partial charge is 0.249 e. The summed E-state index contributed by atoms with van der Waals surface area (Å²) in [6.45, 7) is 12.8. The molecule has 0 bridgehead atoms. The summed E-state index contributed by atoms with van der Waals surface area (Å²) in [6, 6.07) is 17.1. The molecule has 0 radical (unpaired) electrons. The number of benzene rings is 2. The lowest BCUT2D eigenvalue weighted by atomic mass is 9.81. The maximum absolute atomic E-state index is 13.8. The van der Waals surface area contributed by atoms with E-state index in [2.05, 4.69) is 26.1 Å². The van der Waals surface area contributed by atoms with Gasteiger partial charge in [-0.2, -0.15) is 0 Å². The molecule has 1 unspecified atom stereocenters. The molecule has 1 atom stereocenters. The predicted octanol–water partition coefficient (Wildman–Crippen LogP) is 5.37. The summed E-state index contributed by atoms with van der Waals surface area (Å²) in [5.74, 6) is -0.242. The molecule has 5 nitrogen and oxygen atoms in total. The third-order valence-electron chi connectivity index (χ3n) is 5.94. The molecule has 168 valence electrons. The molecule has 1 N–H and O–H groups in total. The van der Waals surface area contributed by atoms with E-state index >= 15 is 0 Å². The Bertz CT molecular complexity index is 1170. The number of hydrogen-bond donors (Lipinski definition) is 1. The van der Waals surface area contributed by atoms with Gasteiger partial charge in [0.2, 0.25) is 11.8 Å². The van der Waals surface area contributed by atoms with E-state index in [1.54, 1.807) is 4.90 Å².